The lowest BCUT2D eigenvalue weighted by Crippen LogP contribution is -2.25. The van der Waals surface area contributed by atoms with Gasteiger partial charge in [0.1, 0.15) is 5.82 Å². The molecule has 2 N–H and O–H groups in total. The molecule has 30 heavy (non-hydrogen) atoms. The van der Waals surface area contributed by atoms with Gasteiger partial charge in [0.15, 0.2) is 5.76 Å². The van der Waals surface area contributed by atoms with Gasteiger partial charge in [0, 0.05) is 20.0 Å². The Hall–Kier alpha value is -3.59. The fourth-order valence-corrected chi connectivity index (χ4v) is 4.20. The number of rotatable bonds is 7. The van der Waals surface area contributed by atoms with Crippen molar-refractivity contribution >= 4 is 32.7 Å². The third-order valence-electron chi connectivity index (χ3n) is 4.66. The van der Waals surface area contributed by atoms with Crippen LogP contribution in [0.3, 0.4) is 0 Å². The third-order valence-corrected chi connectivity index (χ3v) is 6.06. The lowest BCUT2D eigenvalue weighted by atomic mass is 10.3. The van der Waals surface area contributed by atoms with E-state index < -0.39 is 10.0 Å². The van der Waals surface area contributed by atoms with Crippen molar-refractivity contribution in [2.75, 3.05) is 11.3 Å². The molecule has 8 nitrogen and oxygen atoms in total. The first kappa shape index (κ1) is 19.7. The minimum atomic E-state index is -3.67. The summed E-state index contributed by atoms with van der Waals surface area (Å²) in [5.41, 5.74) is 1.96. The van der Waals surface area contributed by atoms with Gasteiger partial charge >= 0.3 is 0 Å². The molecule has 0 fully saturated rings. The Labute approximate surface area is 173 Å². The number of aryl methyl sites for hydroxylation is 1. The van der Waals surface area contributed by atoms with Crippen molar-refractivity contribution in [2.45, 2.75) is 11.3 Å². The number of fused-ring (bicyclic) bond motifs is 1. The topological polar surface area (TPSA) is 106 Å². The molecule has 0 aliphatic carbocycles. The maximum absolute atomic E-state index is 12.5. The lowest BCUT2D eigenvalue weighted by molar-refractivity contribution is 0.0926. The van der Waals surface area contributed by atoms with Crippen LogP contribution in [0.1, 0.15) is 16.4 Å². The second kappa shape index (κ2) is 8.03. The molecule has 154 valence electrons. The molecule has 0 radical (unpaired) electrons. The van der Waals surface area contributed by atoms with E-state index in [-0.39, 0.29) is 16.6 Å². The SMILES string of the molecule is Cn1c(CCNC(=O)c2ccco2)nc2cc(NS(=O)(=O)c3ccccc3)ccc21. The van der Waals surface area contributed by atoms with Crippen molar-refractivity contribution < 1.29 is 17.6 Å². The Morgan fingerprint density at radius 3 is 2.63 bits per heavy atom. The van der Waals surface area contributed by atoms with Crippen LogP contribution in [-0.2, 0) is 23.5 Å². The smallest absolute Gasteiger partial charge is 0.286 e. The third kappa shape index (κ3) is 4.06. The average Bonchev–Trinajstić information content (AvgIpc) is 3.37. The highest BCUT2D eigenvalue weighted by Gasteiger charge is 2.15. The number of carbonyl (C=O) groups is 1. The summed E-state index contributed by atoms with van der Waals surface area (Å²) in [5.74, 6) is 0.750. The van der Waals surface area contributed by atoms with Gasteiger partial charge in [0.25, 0.3) is 15.9 Å². The number of imidazole rings is 1. The van der Waals surface area contributed by atoms with Crippen molar-refractivity contribution in [3.05, 3.63) is 78.5 Å². The van der Waals surface area contributed by atoms with Crippen LogP contribution in [0.15, 0.2) is 76.2 Å². The molecular weight excluding hydrogens is 404 g/mol. The Morgan fingerprint density at radius 1 is 1.10 bits per heavy atom. The molecule has 0 saturated carbocycles. The zero-order valence-electron chi connectivity index (χ0n) is 16.2. The maximum atomic E-state index is 12.5. The first-order chi connectivity index (χ1) is 14.4. The van der Waals surface area contributed by atoms with Crippen LogP contribution in [0.4, 0.5) is 5.69 Å². The Morgan fingerprint density at radius 2 is 1.90 bits per heavy atom. The molecule has 0 unspecified atom stereocenters. The molecular formula is C21H20N4O4S. The highest BCUT2D eigenvalue weighted by Crippen LogP contribution is 2.22. The molecule has 2 aromatic heterocycles. The number of aromatic nitrogens is 2. The van der Waals surface area contributed by atoms with Crippen molar-refractivity contribution in [1.29, 1.82) is 0 Å². The maximum Gasteiger partial charge on any atom is 0.286 e. The van der Waals surface area contributed by atoms with E-state index >= 15 is 0 Å². The lowest BCUT2D eigenvalue weighted by Gasteiger charge is -2.08. The molecule has 0 spiro atoms. The van der Waals surface area contributed by atoms with Crippen LogP contribution in [-0.4, -0.2) is 30.4 Å². The summed E-state index contributed by atoms with van der Waals surface area (Å²) < 4.78 is 34.6. The summed E-state index contributed by atoms with van der Waals surface area (Å²) in [6.07, 6.45) is 1.96. The summed E-state index contributed by atoms with van der Waals surface area (Å²) in [6, 6.07) is 16.7. The van der Waals surface area contributed by atoms with Gasteiger partial charge < -0.3 is 14.3 Å². The minimum absolute atomic E-state index is 0.194. The van der Waals surface area contributed by atoms with E-state index in [1.54, 1.807) is 42.5 Å². The van der Waals surface area contributed by atoms with Gasteiger partial charge in [-0.15, -0.1) is 0 Å². The van der Waals surface area contributed by atoms with E-state index in [0.717, 1.165) is 11.3 Å². The molecule has 1 amide bonds. The summed E-state index contributed by atoms with van der Waals surface area (Å²) in [6.45, 7) is 0.393. The summed E-state index contributed by atoms with van der Waals surface area (Å²) in [4.78, 5) is 16.7. The van der Waals surface area contributed by atoms with Gasteiger partial charge in [-0.25, -0.2) is 13.4 Å². The summed E-state index contributed by atoms with van der Waals surface area (Å²) in [7, 11) is -1.79. The van der Waals surface area contributed by atoms with E-state index in [4.69, 9.17) is 4.42 Å². The monoisotopic (exact) mass is 424 g/mol. The largest absolute Gasteiger partial charge is 0.459 e. The van der Waals surface area contributed by atoms with Crippen molar-refractivity contribution in [3.8, 4) is 0 Å². The zero-order chi connectivity index (χ0) is 21.1. The van der Waals surface area contributed by atoms with Gasteiger partial charge in [-0.3, -0.25) is 9.52 Å². The average molecular weight is 424 g/mol. The highest BCUT2D eigenvalue weighted by atomic mass is 32.2. The van der Waals surface area contributed by atoms with E-state index in [0.29, 0.717) is 24.2 Å². The first-order valence-corrected chi connectivity index (χ1v) is 10.8. The van der Waals surface area contributed by atoms with Crippen LogP contribution in [0.5, 0.6) is 0 Å². The van der Waals surface area contributed by atoms with Crippen molar-refractivity contribution in [1.82, 2.24) is 14.9 Å². The number of carbonyl (C=O) groups excluding carboxylic acids is 1. The number of hydrogen-bond acceptors (Lipinski definition) is 5. The summed E-state index contributed by atoms with van der Waals surface area (Å²) >= 11 is 0. The number of nitrogens with zero attached hydrogens (tertiary/aromatic N) is 2. The fraction of sp³-hybridized carbons (Fsp3) is 0.143. The molecule has 2 heterocycles. The molecule has 0 saturated heterocycles. The quantitative estimate of drug-likeness (QED) is 0.474. The van der Waals surface area contributed by atoms with Gasteiger partial charge in [-0.05, 0) is 42.5 Å². The van der Waals surface area contributed by atoms with Crippen molar-refractivity contribution in [2.24, 2.45) is 7.05 Å². The van der Waals surface area contributed by atoms with E-state index in [9.17, 15) is 13.2 Å². The van der Waals surface area contributed by atoms with Crippen LogP contribution in [0.25, 0.3) is 11.0 Å². The second-order valence-electron chi connectivity index (χ2n) is 6.69. The number of nitrogens with one attached hydrogen (secondary N) is 2. The van der Waals surface area contributed by atoms with Crippen molar-refractivity contribution in [3.63, 3.8) is 0 Å². The molecule has 0 aliphatic heterocycles. The Kier molecular flexibility index (Phi) is 5.28. The van der Waals surface area contributed by atoms with Crippen LogP contribution in [0.2, 0.25) is 0 Å². The number of anilines is 1. The standard InChI is InChI=1S/C21H20N4O4S/c1-25-18-10-9-15(24-30(27,28)16-6-3-2-4-7-16)14-17(18)23-20(25)11-12-22-21(26)19-8-5-13-29-19/h2-10,13-14,24H,11-12H2,1H3,(H,22,26). The normalized spacial score (nSPS) is 11.5. The van der Waals surface area contributed by atoms with E-state index in [2.05, 4.69) is 15.0 Å². The van der Waals surface area contributed by atoms with Crippen LogP contribution in [0, 0.1) is 0 Å². The molecule has 2 aromatic carbocycles. The fourth-order valence-electron chi connectivity index (χ4n) is 3.13. The van der Waals surface area contributed by atoms with E-state index in [1.165, 1.54) is 18.4 Å². The van der Waals surface area contributed by atoms with Gasteiger partial charge in [0.05, 0.1) is 27.9 Å². The number of benzene rings is 2. The molecule has 0 bridgehead atoms. The van der Waals surface area contributed by atoms with Gasteiger partial charge in [0.2, 0.25) is 0 Å². The van der Waals surface area contributed by atoms with Gasteiger partial charge in [-0.2, -0.15) is 0 Å². The number of amides is 1. The molecule has 4 rings (SSSR count). The predicted molar refractivity (Wildman–Crippen MR) is 113 cm³/mol. The number of sulfonamides is 1. The second-order valence-corrected chi connectivity index (χ2v) is 8.37. The van der Waals surface area contributed by atoms with Gasteiger partial charge in [-0.1, -0.05) is 18.2 Å². The van der Waals surface area contributed by atoms with Crippen LogP contribution >= 0.6 is 0 Å². The Balaban J connectivity index is 1.48. The summed E-state index contributed by atoms with van der Waals surface area (Å²) in [5, 5.41) is 2.79. The van der Waals surface area contributed by atoms with Crippen LogP contribution < -0.4 is 10.0 Å². The number of furan rings is 1. The van der Waals surface area contributed by atoms with E-state index in [1.807, 2.05) is 17.7 Å². The number of hydrogen-bond donors (Lipinski definition) is 2. The predicted octanol–water partition coefficient (Wildman–Crippen LogP) is 2.94. The zero-order valence-corrected chi connectivity index (χ0v) is 17.0. The first-order valence-electron chi connectivity index (χ1n) is 9.29. The highest BCUT2D eigenvalue weighted by molar-refractivity contribution is 7.92. The Bertz CT molecular complexity index is 1280. The minimum Gasteiger partial charge on any atom is -0.459 e. The molecule has 9 heteroatoms. The molecule has 4 aromatic rings. The molecule has 0 aliphatic rings. The molecule has 0 atom stereocenters.